The molecule has 0 aliphatic rings. The Bertz CT molecular complexity index is 642. The minimum Gasteiger partial charge on any atom is -0.376 e. The Morgan fingerprint density at radius 1 is 1.05 bits per heavy atom. The van der Waals surface area contributed by atoms with Crippen molar-refractivity contribution >= 4 is 34.6 Å². The maximum Gasteiger partial charge on any atom is 0.269 e. The first-order valence-corrected chi connectivity index (χ1v) is 6.46. The van der Waals surface area contributed by atoms with E-state index in [1.54, 1.807) is 36.4 Å². The number of rotatable bonds is 5. The molecule has 0 aliphatic heterocycles. The van der Waals surface area contributed by atoms with Crippen molar-refractivity contribution in [3.63, 3.8) is 0 Å². The summed E-state index contributed by atoms with van der Waals surface area (Å²) in [6.45, 7) is 0.0560. The summed E-state index contributed by atoms with van der Waals surface area (Å²) in [7, 11) is 0. The molecule has 7 heteroatoms. The third-order valence-corrected chi connectivity index (χ3v) is 2.91. The van der Waals surface area contributed by atoms with Gasteiger partial charge in [0.1, 0.15) is 0 Å². The summed E-state index contributed by atoms with van der Waals surface area (Å²) >= 11 is 5.75. The highest BCUT2D eigenvalue weighted by Crippen LogP contribution is 2.15. The fraction of sp³-hybridized carbons (Fsp3) is 0.0714. The number of anilines is 2. The van der Waals surface area contributed by atoms with Crippen molar-refractivity contribution in [1.29, 1.82) is 0 Å². The molecule has 108 valence electrons. The normalized spacial score (nSPS) is 9.95. The molecule has 2 aromatic rings. The minimum atomic E-state index is -0.475. The van der Waals surface area contributed by atoms with E-state index in [-0.39, 0.29) is 18.1 Å². The Labute approximate surface area is 125 Å². The number of non-ortho nitro benzene ring substituents is 1. The number of nitro groups is 1. The van der Waals surface area contributed by atoms with Crippen LogP contribution in [0.5, 0.6) is 0 Å². The Morgan fingerprint density at radius 2 is 1.62 bits per heavy atom. The van der Waals surface area contributed by atoms with Crippen LogP contribution in [0, 0.1) is 10.1 Å². The first kappa shape index (κ1) is 14.8. The standard InChI is InChI=1S/C14H12ClN3O3/c15-10-1-3-12(4-2-10)17-14(19)9-16-11-5-7-13(8-6-11)18(20)21/h1-8,16H,9H2,(H,17,19). The average Bonchev–Trinajstić information content (AvgIpc) is 2.48. The quantitative estimate of drug-likeness (QED) is 0.655. The van der Waals surface area contributed by atoms with E-state index in [0.717, 1.165) is 0 Å². The number of halogens is 1. The molecule has 0 aliphatic carbocycles. The zero-order valence-corrected chi connectivity index (χ0v) is 11.6. The second-order valence-corrected chi connectivity index (χ2v) is 4.65. The third kappa shape index (κ3) is 4.47. The molecule has 0 bridgehead atoms. The van der Waals surface area contributed by atoms with Crippen molar-refractivity contribution in [2.75, 3.05) is 17.2 Å². The molecular formula is C14H12ClN3O3. The first-order chi connectivity index (χ1) is 10.0. The maximum absolute atomic E-state index is 11.7. The summed E-state index contributed by atoms with van der Waals surface area (Å²) < 4.78 is 0. The van der Waals surface area contributed by atoms with Gasteiger partial charge in [0.2, 0.25) is 5.91 Å². The second kappa shape index (κ2) is 6.71. The summed E-state index contributed by atoms with van der Waals surface area (Å²) in [5.74, 6) is -0.226. The van der Waals surface area contributed by atoms with Gasteiger partial charge in [0, 0.05) is 28.5 Å². The summed E-state index contributed by atoms with van der Waals surface area (Å²) in [5, 5.41) is 16.7. The number of nitrogens with one attached hydrogen (secondary N) is 2. The van der Waals surface area contributed by atoms with Crippen molar-refractivity contribution in [2.24, 2.45) is 0 Å². The SMILES string of the molecule is O=C(CNc1ccc([N+](=O)[O-])cc1)Nc1ccc(Cl)cc1. The van der Waals surface area contributed by atoms with E-state index in [9.17, 15) is 14.9 Å². The number of nitrogens with zero attached hydrogens (tertiary/aromatic N) is 1. The van der Waals surface area contributed by atoms with E-state index in [2.05, 4.69) is 10.6 Å². The van der Waals surface area contributed by atoms with Gasteiger partial charge in [-0.15, -0.1) is 0 Å². The Kier molecular flexibility index (Phi) is 4.73. The largest absolute Gasteiger partial charge is 0.376 e. The zero-order valence-electron chi connectivity index (χ0n) is 10.9. The van der Waals surface area contributed by atoms with E-state index in [0.29, 0.717) is 16.4 Å². The minimum absolute atomic E-state index is 0.00571. The lowest BCUT2D eigenvalue weighted by Gasteiger charge is -2.07. The number of carbonyl (C=O) groups is 1. The lowest BCUT2D eigenvalue weighted by Crippen LogP contribution is -2.21. The van der Waals surface area contributed by atoms with Gasteiger partial charge >= 0.3 is 0 Å². The second-order valence-electron chi connectivity index (χ2n) is 4.21. The Balaban J connectivity index is 1.86. The molecule has 0 saturated carbocycles. The van der Waals surface area contributed by atoms with E-state index < -0.39 is 4.92 Å². The van der Waals surface area contributed by atoms with Gasteiger partial charge in [-0.25, -0.2) is 0 Å². The molecule has 0 fully saturated rings. The van der Waals surface area contributed by atoms with Crippen LogP contribution < -0.4 is 10.6 Å². The number of amides is 1. The molecule has 0 spiro atoms. The zero-order chi connectivity index (χ0) is 15.2. The molecule has 0 radical (unpaired) electrons. The molecule has 0 unspecified atom stereocenters. The Morgan fingerprint density at radius 3 is 2.19 bits per heavy atom. The van der Waals surface area contributed by atoms with Crippen molar-refractivity contribution in [1.82, 2.24) is 0 Å². The molecule has 2 rings (SSSR count). The number of hydrogen-bond donors (Lipinski definition) is 2. The van der Waals surface area contributed by atoms with Gasteiger partial charge in [-0.05, 0) is 36.4 Å². The lowest BCUT2D eigenvalue weighted by atomic mass is 10.3. The number of carbonyl (C=O) groups excluding carboxylic acids is 1. The highest BCUT2D eigenvalue weighted by molar-refractivity contribution is 6.30. The van der Waals surface area contributed by atoms with Gasteiger partial charge in [0.15, 0.2) is 0 Å². The van der Waals surface area contributed by atoms with Gasteiger partial charge < -0.3 is 10.6 Å². The van der Waals surface area contributed by atoms with Gasteiger partial charge in [0.05, 0.1) is 11.5 Å². The van der Waals surface area contributed by atoms with Crippen molar-refractivity contribution in [2.45, 2.75) is 0 Å². The molecule has 21 heavy (non-hydrogen) atoms. The van der Waals surface area contributed by atoms with Gasteiger partial charge in [-0.3, -0.25) is 14.9 Å². The van der Waals surface area contributed by atoms with Crippen LogP contribution in [-0.4, -0.2) is 17.4 Å². The fourth-order valence-electron chi connectivity index (χ4n) is 1.62. The van der Waals surface area contributed by atoms with Crippen molar-refractivity contribution < 1.29 is 9.72 Å². The molecule has 0 heterocycles. The smallest absolute Gasteiger partial charge is 0.269 e. The van der Waals surface area contributed by atoms with E-state index >= 15 is 0 Å². The van der Waals surface area contributed by atoms with E-state index in [4.69, 9.17) is 11.6 Å². The maximum atomic E-state index is 11.7. The Hall–Kier alpha value is -2.60. The van der Waals surface area contributed by atoms with E-state index in [1.165, 1.54) is 12.1 Å². The number of benzene rings is 2. The van der Waals surface area contributed by atoms with Crippen LogP contribution in [0.15, 0.2) is 48.5 Å². The number of nitro benzene ring substituents is 1. The molecule has 6 nitrogen and oxygen atoms in total. The monoisotopic (exact) mass is 305 g/mol. The van der Waals surface area contributed by atoms with Crippen LogP contribution in [0.2, 0.25) is 5.02 Å². The van der Waals surface area contributed by atoms with Crippen LogP contribution in [0.3, 0.4) is 0 Å². The van der Waals surface area contributed by atoms with Crippen molar-refractivity contribution in [3.8, 4) is 0 Å². The van der Waals surface area contributed by atoms with Gasteiger partial charge in [-0.2, -0.15) is 0 Å². The van der Waals surface area contributed by atoms with Gasteiger partial charge in [0.25, 0.3) is 5.69 Å². The van der Waals surface area contributed by atoms with E-state index in [1.807, 2.05) is 0 Å². The molecule has 0 aromatic heterocycles. The highest BCUT2D eigenvalue weighted by atomic mass is 35.5. The predicted molar refractivity (Wildman–Crippen MR) is 81.7 cm³/mol. The molecule has 2 N–H and O–H groups in total. The predicted octanol–water partition coefficient (Wildman–Crippen LogP) is 3.30. The third-order valence-electron chi connectivity index (χ3n) is 2.66. The molecule has 0 atom stereocenters. The van der Waals surface area contributed by atoms with Gasteiger partial charge in [-0.1, -0.05) is 11.6 Å². The molecule has 1 amide bonds. The summed E-state index contributed by atoms with van der Waals surface area (Å²) in [6, 6.07) is 12.6. The summed E-state index contributed by atoms with van der Waals surface area (Å²) in [5.41, 5.74) is 1.29. The lowest BCUT2D eigenvalue weighted by molar-refractivity contribution is -0.384. The average molecular weight is 306 g/mol. The van der Waals surface area contributed by atoms with Crippen molar-refractivity contribution in [3.05, 3.63) is 63.7 Å². The summed E-state index contributed by atoms with van der Waals surface area (Å²) in [4.78, 5) is 21.8. The topological polar surface area (TPSA) is 84.3 Å². The molecule has 0 saturated heterocycles. The number of hydrogen-bond acceptors (Lipinski definition) is 4. The van der Waals surface area contributed by atoms with Crippen LogP contribution in [0.4, 0.5) is 17.1 Å². The van der Waals surface area contributed by atoms with Crippen LogP contribution in [0.25, 0.3) is 0 Å². The molecular weight excluding hydrogens is 294 g/mol. The fourth-order valence-corrected chi connectivity index (χ4v) is 1.75. The first-order valence-electron chi connectivity index (χ1n) is 6.08. The van der Waals surface area contributed by atoms with Crippen LogP contribution in [0.1, 0.15) is 0 Å². The summed E-state index contributed by atoms with van der Waals surface area (Å²) in [6.07, 6.45) is 0. The highest BCUT2D eigenvalue weighted by Gasteiger charge is 2.05. The van der Waals surface area contributed by atoms with Crippen LogP contribution in [-0.2, 0) is 4.79 Å². The molecule has 2 aromatic carbocycles. The van der Waals surface area contributed by atoms with Crippen LogP contribution >= 0.6 is 11.6 Å².